The van der Waals surface area contributed by atoms with Crippen LogP contribution in [0.5, 0.6) is 0 Å². The highest BCUT2D eigenvalue weighted by Gasteiger charge is 2.15. The van der Waals surface area contributed by atoms with Gasteiger partial charge in [-0.3, -0.25) is 0 Å². The Morgan fingerprint density at radius 1 is 1.15 bits per heavy atom. The number of nitrogen functional groups attached to an aromatic ring is 1. The molecule has 0 aliphatic carbocycles. The molecule has 0 fully saturated rings. The van der Waals surface area contributed by atoms with Crippen LogP contribution in [0.25, 0.3) is 10.8 Å². The van der Waals surface area contributed by atoms with Crippen LogP contribution in [-0.4, -0.2) is 12.6 Å². The van der Waals surface area contributed by atoms with E-state index in [9.17, 15) is 4.79 Å². The molecule has 2 aromatic rings. The molecular formula is C17H21NO2. The van der Waals surface area contributed by atoms with Crippen molar-refractivity contribution >= 4 is 22.4 Å². The lowest BCUT2D eigenvalue weighted by molar-refractivity contribution is 0.0466. The van der Waals surface area contributed by atoms with Gasteiger partial charge in [0.25, 0.3) is 0 Å². The molecule has 0 aromatic heterocycles. The Morgan fingerprint density at radius 2 is 1.75 bits per heavy atom. The zero-order chi connectivity index (χ0) is 14.8. The molecule has 20 heavy (non-hydrogen) atoms. The first-order valence-electron chi connectivity index (χ1n) is 6.82. The fourth-order valence-corrected chi connectivity index (χ4v) is 1.96. The average molecular weight is 271 g/mol. The van der Waals surface area contributed by atoms with Gasteiger partial charge >= 0.3 is 5.97 Å². The lowest BCUT2D eigenvalue weighted by Gasteiger charge is -2.17. The van der Waals surface area contributed by atoms with Crippen molar-refractivity contribution in [2.24, 2.45) is 5.41 Å². The third-order valence-electron chi connectivity index (χ3n) is 3.22. The second kappa shape index (κ2) is 5.53. The maximum Gasteiger partial charge on any atom is 0.340 e. The molecule has 0 aliphatic rings. The van der Waals surface area contributed by atoms with Crippen molar-refractivity contribution in [2.45, 2.75) is 27.2 Å². The van der Waals surface area contributed by atoms with E-state index >= 15 is 0 Å². The average Bonchev–Trinajstić information content (AvgIpc) is 2.36. The number of esters is 1. The molecule has 0 radical (unpaired) electrons. The topological polar surface area (TPSA) is 52.3 Å². The third-order valence-corrected chi connectivity index (χ3v) is 3.22. The van der Waals surface area contributed by atoms with Gasteiger partial charge in [-0.25, -0.2) is 4.79 Å². The third kappa shape index (κ3) is 3.50. The van der Waals surface area contributed by atoms with E-state index < -0.39 is 0 Å². The molecule has 0 spiro atoms. The molecular weight excluding hydrogens is 250 g/mol. The molecule has 0 heterocycles. The molecule has 2 aromatic carbocycles. The summed E-state index contributed by atoms with van der Waals surface area (Å²) in [7, 11) is 0. The van der Waals surface area contributed by atoms with Crippen molar-refractivity contribution in [1.29, 1.82) is 0 Å². The second-order valence-electron chi connectivity index (χ2n) is 6.23. The molecule has 0 amide bonds. The van der Waals surface area contributed by atoms with Crippen LogP contribution in [0.4, 0.5) is 5.69 Å². The fraction of sp³-hybridized carbons (Fsp3) is 0.353. The van der Waals surface area contributed by atoms with E-state index in [1.165, 1.54) is 0 Å². The predicted octanol–water partition coefficient (Wildman–Crippen LogP) is 4.02. The van der Waals surface area contributed by atoms with Crippen LogP contribution in [0.15, 0.2) is 36.4 Å². The van der Waals surface area contributed by atoms with Gasteiger partial charge in [-0.2, -0.15) is 0 Å². The maximum absolute atomic E-state index is 12.1. The van der Waals surface area contributed by atoms with E-state index in [1.54, 1.807) is 6.07 Å². The summed E-state index contributed by atoms with van der Waals surface area (Å²) in [5, 5.41) is 2.01. The monoisotopic (exact) mass is 271 g/mol. The minimum atomic E-state index is -0.350. The van der Waals surface area contributed by atoms with Crippen LogP contribution in [0.2, 0.25) is 0 Å². The zero-order valence-corrected chi connectivity index (χ0v) is 12.3. The number of rotatable bonds is 3. The summed E-state index contributed by atoms with van der Waals surface area (Å²) in [6.07, 6.45) is 0.826. The largest absolute Gasteiger partial charge is 0.462 e. The van der Waals surface area contributed by atoms with Gasteiger partial charge in [-0.15, -0.1) is 0 Å². The van der Waals surface area contributed by atoms with E-state index in [1.807, 2.05) is 30.3 Å². The van der Waals surface area contributed by atoms with Crippen LogP contribution >= 0.6 is 0 Å². The maximum atomic E-state index is 12.1. The highest BCUT2D eigenvalue weighted by molar-refractivity contribution is 6.01. The Labute approximate surface area is 119 Å². The first-order chi connectivity index (χ1) is 9.37. The van der Waals surface area contributed by atoms with E-state index in [0.29, 0.717) is 17.9 Å². The molecule has 0 aliphatic heterocycles. The number of hydrogen-bond donors (Lipinski definition) is 1. The van der Waals surface area contributed by atoms with Crippen molar-refractivity contribution in [1.82, 2.24) is 0 Å². The SMILES string of the molecule is CC(C)(C)CCOC(=O)c1cc2ccccc2cc1N. The summed E-state index contributed by atoms with van der Waals surface area (Å²) >= 11 is 0. The van der Waals surface area contributed by atoms with E-state index in [0.717, 1.165) is 17.2 Å². The lowest BCUT2D eigenvalue weighted by Crippen LogP contribution is -2.14. The Morgan fingerprint density at radius 3 is 2.35 bits per heavy atom. The summed E-state index contributed by atoms with van der Waals surface area (Å²) in [5.74, 6) is -0.350. The molecule has 2 N–H and O–H groups in total. The molecule has 3 heteroatoms. The van der Waals surface area contributed by atoms with Gasteiger partial charge in [0.05, 0.1) is 12.2 Å². The van der Waals surface area contributed by atoms with E-state index in [2.05, 4.69) is 20.8 Å². The number of nitrogens with two attached hydrogens (primary N) is 1. The van der Waals surface area contributed by atoms with E-state index in [4.69, 9.17) is 10.5 Å². The van der Waals surface area contributed by atoms with Crippen molar-refractivity contribution in [3.63, 3.8) is 0 Å². The number of anilines is 1. The van der Waals surface area contributed by atoms with Gasteiger partial charge < -0.3 is 10.5 Å². The molecule has 0 atom stereocenters. The van der Waals surface area contributed by atoms with Crippen molar-refractivity contribution in [3.8, 4) is 0 Å². The first-order valence-corrected chi connectivity index (χ1v) is 6.82. The summed E-state index contributed by atoms with van der Waals surface area (Å²) in [5.41, 5.74) is 7.00. The highest BCUT2D eigenvalue weighted by Crippen LogP contribution is 2.23. The van der Waals surface area contributed by atoms with E-state index in [-0.39, 0.29) is 11.4 Å². The van der Waals surface area contributed by atoms with Crippen LogP contribution in [0.1, 0.15) is 37.6 Å². The Balaban J connectivity index is 2.15. The number of benzene rings is 2. The summed E-state index contributed by atoms with van der Waals surface area (Å²) < 4.78 is 5.31. The molecule has 0 unspecified atom stereocenters. The quantitative estimate of drug-likeness (QED) is 0.677. The lowest BCUT2D eigenvalue weighted by atomic mass is 9.93. The van der Waals surface area contributed by atoms with Crippen molar-refractivity contribution < 1.29 is 9.53 Å². The Kier molecular flexibility index (Phi) is 3.98. The predicted molar refractivity (Wildman–Crippen MR) is 82.7 cm³/mol. The first kappa shape index (κ1) is 14.4. The molecule has 0 saturated heterocycles. The smallest absolute Gasteiger partial charge is 0.340 e. The summed E-state index contributed by atoms with van der Waals surface area (Å²) in [6.45, 7) is 6.76. The second-order valence-corrected chi connectivity index (χ2v) is 6.23. The molecule has 2 rings (SSSR count). The van der Waals surface area contributed by atoms with Crippen molar-refractivity contribution in [2.75, 3.05) is 12.3 Å². The van der Waals surface area contributed by atoms with Gasteiger partial charge in [0.2, 0.25) is 0 Å². The fourth-order valence-electron chi connectivity index (χ4n) is 1.96. The molecule has 3 nitrogen and oxygen atoms in total. The Bertz CT molecular complexity index is 626. The summed E-state index contributed by atoms with van der Waals surface area (Å²) in [6, 6.07) is 11.4. The van der Waals surface area contributed by atoms with Crippen LogP contribution < -0.4 is 5.73 Å². The number of fused-ring (bicyclic) bond motifs is 1. The molecule has 0 saturated carbocycles. The standard InChI is InChI=1S/C17H21NO2/c1-17(2,3)8-9-20-16(19)14-10-12-6-4-5-7-13(12)11-15(14)18/h4-7,10-11H,8-9,18H2,1-3H3. The molecule has 106 valence electrons. The van der Waals surface area contributed by atoms with Crippen LogP contribution in [-0.2, 0) is 4.74 Å². The number of carbonyl (C=O) groups is 1. The van der Waals surface area contributed by atoms with Gasteiger partial charge in [0.1, 0.15) is 0 Å². The van der Waals surface area contributed by atoms with Gasteiger partial charge in [-0.05, 0) is 34.7 Å². The normalized spacial score (nSPS) is 11.6. The van der Waals surface area contributed by atoms with Gasteiger partial charge in [0.15, 0.2) is 0 Å². The number of ether oxygens (including phenoxy) is 1. The zero-order valence-electron chi connectivity index (χ0n) is 12.3. The number of carbonyl (C=O) groups excluding carboxylic acids is 1. The Hall–Kier alpha value is -2.03. The van der Waals surface area contributed by atoms with Crippen molar-refractivity contribution in [3.05, 3.63) is 42.0 Å². The minimum absolute atomic E-state index is 0.148. The molecule has 0 bridgehead atoms. The van der Waals surface area contributed by atoms with Crippen LogP contribution in [0.3, 0.4) is 0 Å². The highest BCUT2D eigenvalue weighted by atomic mass is 16.5. The number of hydrogen-bond acceptors (Lipinski definition) is 3. The van der Waals surface area contributed by atoms with Gasteiger partial charge in [-0.1, -0.05) is 45.0 Å². The summed E-state index contributed by atoms with van der Waals surface area (Å²) in [4.78, 5) is 12.1. The minimum Gasteiger partial charge on any atom is -0.462 e. The van der Waals surface area contributed by atoms with Gasteiger partial charge in [0, 0.05) is 5.69 Å². The van der Waals surface area contributed by atoms with Crippen LogP contribution in [0, 0.1) is 5.41 Å².